The van der Waals surface area contributed by atoms with Crippen LogP contribution in [-0.4, -0.2) is 34.4 Å². The zero-order valence-corrected chi connectivity index (χ0v) is 22.7. The summed E-state index contributed by atoms with van der Waals surface area (Å²) in [5.74, 6) is 0.861. The molecule has 4 aromatic rings. The van der Waals surface area contributed by atoms with Crippen molar-refractivity contribution in [1.29, 1.82) is 0 Å². The highest BCUT2D eigenvalue weighted by atomic mass is 35.5. The Kier molecular flexibility index (Phi) is 5.37. The maximum absolute atomic E-state index is 14.4. The highest BCUT2D eigenvalue weighted by Gasteiger charge is 2.55. The summed E-state index contributed by atoms with van der Waals surface area (Å²) >= 11 is 14.7. The molecular formula is C28H24Cl2FN3O3S. The van der Waals surface area contributed by atoms with Crippen LogP contribution in [0.25, 0.3) is 21.5 Å². The monoisotopic (exact) mass is 571 g/mol. The molecule has 4 aliphatic rings. The van der Waals surface area contributed by atoms with Gasteiger partial charge in [0.1, 0.15) is 22.8 Å². The summed E-state index contributed by atoms with van der Waals surface area (Å²) in [6, 6.07) is 11.1. The largest absolute Gasteiger partial charge is 0.360 e. The molecule has 1 aliphatic carbocycles. The maximum Gasteiger partial charge on any atom is 0.190 e. The Bertz CT molecular complexity index is 1540. The molecule has 4 atom stereocenters. The summed E-state index contributed by atoms with van der Waals surface area (Å²) in [6.45, 7) is 0.498. The Morgan fingerprint density at radius 3 is 2.45 bits per heavy atom. The van der Waals surface area contributed by atoms with Gasteiger partial charge in [-0.15, -0.1) is 0 Å². The molecule has 3 aliphatic heterocycles. The number of anilines is 1. The maximum atomic E-state index is 14.4. The van der Waals surface area contributed by atoms with Gasteiger partial charge < -0.3 is 18.9 Å². The third-order valence-electron chi connectivity index (χ3n) is 8.41. The molecule has 0 amide bonds. The number of thiazole rings is 1. The van der Waals surface area contributed by atoms with Crippen molar-refractivity contribution < 1.29 is 18.4 Å². The van der Waals surface area contributed by atoms with Crippen LogP contribution in [0.5, 0.6) is 0 Å². The van der Waals surface area contributed by atoms with Gasteiger partial charge >= 0.3 is 0 Å². The van der Waals surface area contributed by atoms with Crippen molar-refractivity contribution in [3.8, 4) is 11.3 Å². The van der Waals surface area contributed by atoms with Gasteiger partial charge in [0.05, 0.1) is 32.5 Å². The molecule has 196 valence electrons. The van der Waals surface area contributed by atoms with Crippen molar-refractivity contribution in [2.24, 2.45) is 0 Å². The number of hydrogen-bond donors (Lipinski definition) is 0. The minimum Gasteiger partial charge on any atom is -0.360 e. The van der Waals surface area contributed by atoms with Crippen LogP contribution in [0.4, 0.5) is 9.52 Å². The van der Waals surface area contributed by atoms with Gasteiger partial charge in [0.15, 0.2) is 11.4 Å². The van der Waals surface area contributed by atoms with E-state index >= 15 is 0 Å². The van der Waals surface area contributed by atoms with Crippen molar-refractivity contribution >= 4 is 49.9 Å². The Morgan fingerprint density at radius 1 is 1.00 bits per heavy atom. The van der Waals surface area contributed by atoms with Gasteiger partial charge in [0, 0.05) is 23.6 Å². The van der Waals surface area contributed by atoms with Crippen LogP contribution in [-0.2, 0) is 9.47 Å². The lowest BCUT2D eigenvalue weighted by molar-refractivity contribution is -0.104. The van der Waals surface area contributed by atoms with Gasteiger partial charge in [-0.25, -0.2) is 9.37 Å². The summed E-state index contributed by atoms with van der Waals surface area (Å²) in [4.78, 5) is 7.10. The number of hydrogen-bond acceptors (Lipinski definition) is 7. The molecule has 5 heterocycles. The third kappa shape index (κ3) is 3.64. The van der Waals surface area contributed by atoms with Crippen LogP contribution in [0, 0.1) is 5.82 Å². The second-order valence-corrected chi connectivity index (χ2v) is 12.7. The van der Waals surface area contributed by atoms with Gasteiger partial charge in [-0.05, 0) is 62.8 Å². The van der Waals surface area contributed by atoms with E-state index in [-0.39, 0.29) is 17.9 Å². The summed E-state index contributed by atoms with van der Waals surface area (Å²) in [7, 11) is 0. The molecule has 8 rings (SSSR count). The van der Waals surface area contributed by atoms with Crippen LogP contribution in [0.15, 0.2) is 40.9 Å². The van der Waals surface area contributed by atoms with Crippen molar-refractivity contribution in [2.75, 3.05) is 11.5 Å². The van der Waals surface area contributed by atoms with Crippen LogP contribution < -0.4 is 4.90 Å². The fourth-order valence-electron chi connectivity index (χ4n) is 6.59. The lowest BCUT2D eigenvalue weighted by Crippen LogP contribution is -2.52. The molecule has 10 heteroatoms. The molecule has 0 N–H and O–H groups in total. The van der Waals surface area contributed by atoms with E-state index in [0.29, 0.717) is 39.3 Å². The highest BCUT2D eigenvalue weighted by Crippen LogP contribution is 2.54. The van der Waals surface area contributed by atoms with Gasteiger partial charge in [0.25, 0.3) is 0 Å². The topological polar surface area (TPSA) is 60.6 Å². The number of benzene rings is 2. The van der Waals surface area contributed by atoms with Gasteiger partial charge in [-0.3, -0.25) is 0 Å². The van der Waals surface area contributed by atoms with Crippen LogP contribution >= 0.6 is 34.5 Å². The van der Waals surface area contributed by atoms with E-state index in [0.717, 1.165) is 59.7 Å². The normalized spacial score (nSPS) is 28.7. The molecule has 6 nitrogen and oxygen atoms in total. The van der Waals surface area contributed by atoms with Crippen molar-refractivity contribution in [3.63, 3.8) is 0 Å². The Balaban J connectivity index is 1.10. The lowest BCUT2D eigenvalue weighted by Gasteiger charge is -2.43. The fourth-order valence-corrected chi connectivity index (χ4v) is 8.29. The van der Waals surface area contributed by atoms with E-state index in [1.54, 1.807) is 29.5 Å². The molecule has 2 bridgehead atoms. The molecule has 3 saturated heterocycles. The van der Waals surface area contributed by atoms with E-state index in [2.05, 4.69) is 10.1 Å². The number of piperidine rings is 1. The first-order valence-electron chi connectivity index (χ1n) is 13.1. The van der Waals surface area contributed by atoms with Crippen molar-refractivity contribution in [2.45, 2.75) is 68.4 Å². The average molecular weight is 572 g/mol. The predicted octanol–water partition coefficient (Wildman–Crippen LogP) is 7.89. The average Bonchev–Trinajstić information content (AvgIpc) is 3.19. The second-order valence-electron chi connectivity index (χ2n) is 10.9. The molecule has 0 radical (unpaired) electrons. The summed E-state index contributed by atoms with van der Waals surface area (Å²) in [6.07, 6.45) is 5.27. The quantitative estimate of drug-likeness (QED) is 0.248. The highest BCUT2D eigenvalue weighted by molar-refractivity contribution is 7.22. The Morgan fingerprint density at radius 2 is 1.74 bits per heavy atom. The van der Waals surface area contributed by atoms with E-state index in [9.17, 15) is 4.39 Å². The van der Waals surface area contributed by atoms with Crippen LogP contribution in [0.2, 0.25) is 10.0 Å². The van der Waals surface area contributed by atoms with Crippen LogP contribution in [0.1, 0.15) is 62.1 Å². The minimum absolute atomic E-state index is 0.266. The molecule has 2 unspecified atom stereocenters. The molecule has 1 saturated carbocycles. The van der Waals surface area contributed by atoms with E-state index in [1.165, 1.54) is 6.07 Å². The number of halogens is 3. The number of nitrogens with zero attached hydrogens (tertiary/aromatic N) is 3. The van der Waals surface area contributed by atoms with Crippen molar-refractivity contribution in [3.05, 3.63) is 63.6 Å². The zero-order valence-electron chi connectivity index (χ0n) is 20.3. The van der Waals surface area contributed by atoms with Gasteiger partial charge in [0.2, 0.25) is 0 Å². The SMILES string of the molecule is Fc1cccc2sc(N3[C@@H]4CC[C@H]3CC3(COC(c5c(-c6c(Cl)cccc6Cl)noc5C5CC5)O3)C4)nc12. The standard InChI is InChI=1S/C28H24Cl2FN3O3S/c29-17-3-1-4-18(30)21(17)24-22(25(37-33-24)14-7-8-14)26-35-13-28(36-26)11-15-9-10-16(12-28)34(15)27-32-23-19(31)5-2-6-20(23)38-27/h1-6,14-16,26H,7-13H2/t15-,16+,26?,28?. The number of fused-ring (bicyclic) bond motifs is 3. The first-order chi connectivity index (χ1) is 18.5. The van der Waals surface area contributed by atoms with Crippen LogP contribution in [0.3, 0.4) is 0 Å². The summed E-state index contributed by atoms with van der Waals surface area (Å²) in [5.41, 5.74) is 2.11. The van der Waals surface area contributed by atoms with E-state index < -0.39 is 11.9 Å². The Hall–Kier alpha value is -2.23. The van der Waals surface area contributed by atoms with Gasteiger partial charge in [-0.1, -0.05) is 51.8 Å². The third-order valence-corrected chi connectivity index (χ3v) is 10.1. The number of rotatable bonds is 4. The molecule has 4 fully saturated rings. The lowest BCUT2D eigenvalue weighted by atomic mass is 9.87. The zero-order chi connectivity index (χ0) is 25.6. The molecular weight excluding hydrogens is 548 g/mol. The molecule has 2 aromatic carbocycles. The first-order valence-corrected chi connectivity index (χ1v) is 14.6. The smallest absolute Gasteiger partial charge is 0.190 e. The molecule has 2 aromatic heterocycles. The van der Waals surface area contributed by atoms with Crippen molar-refractivity contribution in [1.82, 2.24) is 10.1 Å². The number of ether oxygens (including phenoxy) is 2. The fraction of sp³-hybridized carbons (Fsp3) is 0.429. The van der Waals surface area contributed by atoms with E-state index in [4.69, 9.17) is 42.2 Å². The molecule has 1 spiro atoms. The minimum atomic E-state index is -0.596. The number of aromatic nitrogens is 2. The molecule has 38 heavy (non-hydrogen) atoms. The number of para-hydroxylation sites is 1. The first kappa shape index (κ1) is 23.6. The van der Waals surface area contributed by atoms with E-state index in [1.807, 2.05) is 12.1 Å². The van der Waals surface area contributed by atoms with Gasteiger partial charge in [-0.2, -0.15) is 0 Å². The second kappa shape index (κ2) is 8.63. The predicted molar refractivity (Wildman–Crippen MR) is 145 cm³/mol. The summed E-state index contributed by atoms with van der Waals surface area (Å²) < 4.78 is 34.3. The summed E-state index contributed by atoms with van der Waals surface area (Å²) in [5, 5.41) is 6.35. The Labute approximate surface area is 232 Å².